The summed E-state index contributed by atoms with van der Waals surface area (Å²) in [4.78, 5) is 14.1. The first-order valence-corrected chi connectivity index (χ1v) is 6.06. The van der Waals surface area contributed by atoms with Gasteiger partial charge in [0.2, 0.25) is 5.91 Å². The highest BCUT2D eigenvalue weighted by atomic mass is 16.2. The number of fused-ring (bicyclic) bond motifs is 1. The number of benzene rings is 1. The van der Waals surface area contributed by atoms with Crippen LogP contribution in [0, 0.1) is 18.8 Å². The second-order valence-corrected chi connectivity index (χ2v) is 5.16. The number of amides is 1. The third kappa shape index (κ3) is 1.73. The summed E-state index contributed by atoms with van der Waals surface area (Å²) in [6.07, 6.45) is 1.93. The number of carbonyl (C=O) groups excluding carboxylic acids is 1. The van der Waals surface area contributed by atoms with E-state index in [-0.39, 0.29) is 0 Å². The maximum Gasteiger partial charge on any atom is 0.227 e. The molecule has 1 aliphatic carbocycles. The minimum absolute atomic E-state index is 0.307. The van der Waals surface area contributed by atoms with Crippen molar-refractivity contribution in [2.45, 2.75) is 19.8 Å². The van der Waals surface area contributed by atoms with Crippen molar-refractivity contribution in [3.8, 4) is 0 Å². The van der Waals surface area contributed by atoms with E-state index in [1.54, 1.807) is 0 Å². The Morgan fingerprint density at radius 2 is 2.00 bits per heavy atom. The van der Waals surface area contributed by atoms with Crippen molar-refractivity contribution in [1.29, 1.82) is 0 Å². The van der Waals surface area contributed by atoms with Crippen LogP contribution in [0.2, 0.25) is 0 Å². The van der Waals surface area contributed by atoms with E-state index < -0.39 is 0 Å². The molecular formula is C14H17NO. The summed E-state index contributed by atoms with van der Waals surface area (Å²) < 4.78 is 0. The predicted octanol–water partition coefficient (Wildman–Crippen LogP) is 2.02. The highest BCUT2D eigenvalue weighted by molar-refractivity contribution is 5.79. The van der Waals surface area contributed by atoms with Gasteiger partial charge in [0.25, 0.3) is 0 Å². The van der Waals surface area contributed by atoms with Crippen molar-refractivity contribution >= 4 is 5.91 Å². The molecule has 2 nitrogen and oxygen atoms in total. The first-order valence-electron chi connectivity index (χ1n) is 6.06. The SMILES string of the molecule is Cc1ccccc1CC(=O)N1CC2CC2C1. The number of carbonyl (C=O) groups is 1. The van der Waals surface area contributed by atoms with Gasteiger partial charge in [0.15, 0.2) is 0 Å². The molecule has 1 aromatic carbocycles. The molecule has 0 N–H and O–H groups in total. The minimum Gasteiger partial charge on any atom is -0.342 e. The summed E-state index contributed by atoms with van der Waals surface area (Å²) in [6.45, 7) is 4.09. The third-order valence-corrected chi connectivity index (χ3v) is 3.93. The number of piperidine rings is 1. The van der Waals surface area contributed by atoms with E-state index in [2.05, 4.69) is 19.1 Å². The molecule has 0 radical (unpaired) electrons. The van der Waals surface area contributed by atoms with Gasteiger partial charge in [0.1, 0.15) is 0 Å². The maximum atomic E-state index is 12.1. The lowest BCUT2D eigenvalue weighted by Gasteiger charge is -2.18. The first kappa shape index (κ1) is 9.88. The average molecular weight is 215 g/mol. The van der Waals surface area contributed by atoms with Gasteiger partial charge < -0.3 is 4.90 Å². The Hall–Kier alpha value is -1.31. The molecule has 1 aromatic rings. The maximum absolute atomic E-state index is 12.1. The van der Waals surface area contributed by atoms with E-state index in [0.29, 0.717) is 12.3 Å². The monoisotopic (exact) mass is 215 g/mol. The van der Waals surface area contributed by atoms with Gasteiger partial charge in [-0.2, -0.15) is 0 Å². The van der Waals surface area contributed by atoms with E-state index in [4.69, 9.17) is 0 Å². The minimum atomic E-state index is 0.307. The summed E-state index contributed by atoms with van der Waals surface area (Å²) in [5, 5.41) is 0. The van der Waals surface area contributed by atoms with Crippen LogP contribution in [0.5, 0.6) is 0 Å². The molecule has 16 heavy (non-hydrogen) atoms. The van der Waals surface area contributed by atoms with E-state index in [9.17, 15) is 4.79 Å². The van der Waals surface area contributed by atoms with E-state index in [1.165, 1.54) is 17.5 Å². The van der Waals surface area contributed by atoms with Gasteiger partial charge >= 0.3 is 0 Å². The molecule has 84 valence electrons. The number of aryl methyl sites for hydroxylation is 1. The van der Waals surface area contributed by atoms with Crippen molar-refractivity contribution < 1.29 is 4.79 Å². The van der Waals surface area contributed by atoms with Crippen molar-refractivity contribution in [1.82, 2.24) is 4.90 Å². The lowest BCUT2D eigenvalue weighted by molar-refractivity contribution is -0.129. The van der Waals surface area contributed by atoms with Crippen LogP contribution in [-0.4, -0.2) is 23.9 Å². The molecule has 0 aromatic heterocycles. The van der Waals surface area contributed by atoms with Gasteiger partial charge in [-0.05, 0) is 36.3 Å². The summed E-state index contributed by atoms with van der Waals surface area (Å²) in [7, 11) is 0. The second kappa shape index (κ2) is 3.62. The summed E-state index contributed by atoms with van der Waals surface area (Å²) in [5.41, 5.74) is 2.40. The van der Waals surface area contributed by atoms with Gasteiger partial charge in [-0.3, -0.25) is 4.79 Å². The number of rotatable bonds is 2. The molecule has 2 aliphatic rings. The Morgan fingerprint density at radius 1 is 1.31 bits per heavy atom. The van der Waals surface area contributed by atoms with Crippen LogP contribution in [-0.2, 0) is 11.2 Å². The standard InChI is InChI=1S/C14H17NO/c1-10-4-2-3-5-11(10)7-14(16)15-8-12-6-13(12)9-15/h2-5,12-13H,6-9H2,1H3. The van der Waals surface area contributed by atoms with Gasteiger partial charge in [-0.25, -0.2) is 0 Å². The van der Waals surface area contributed by atoms with Gasteiger partial charge in [0.05, 0.1) is 6.42 Å². The Kier molecular flexibility index (Phi) is 2.23. The van der Waals surface area contributed by atoms with Gasteiger partial charge in [0, 0.05) is 13.1 Å². The Labute approximate surface area is 96.3 Å². The van der Waals surface area contributed by atoms with Crippen molar-refractivity contribution in [2.75, 3.05) is 13.1 Å². The zero-order valence-electron chi connectivity index (χ0n) is 9.65. The van der Waals surface area contributed by atoms with E-state index in [1.807, 2.05) is 17.0 Å². The van der Waals surface area contributed by atoms with Crippen LogP contribution in [0.3, 0.4) is 0 Å². The number of hydrogen-bond acceptors (Lipinski definition) is 1. The van der Waals surface area contributed by atoms with Crippen LogP contribution < -0.4 is 0 Å². The zero-order chi connectivity index (χ0) is 11.1. The molecular weight excluding hydrogens is 198 g/mol. The lowest BCUT2D eigenvalue weighted by Crippen LogP contribution is -2.31. The molecule has 2 heteroatoms. The van der Waals surface area contributed by atoms with Crippen LogP contribution in [0.4, 0.5) is 0 Å². The molecule has 2 fully saturated rings. The molecule has 0 bridgehead atoms. The lowest BCUT2D eigenvalue weighted by atomic mass is 10.1. The largest absolute Gasteiger partial charge is 0.342 e. The zero-order valence-corrected chi connectivity index (χ0v) is 9.65. The normalized spacial score (nSPS) is 26.7. The highest BCUT2D eigenvalue weighted by Crippen LogP contribution is 2.44. The summed E-state index contributed by atoms with van der Waals surface area (Å²) in [5.74, 6) is 1.98. The summed E-state index contributed by atoms with van der Waals surface area (Å²) >= 11 is 0. The van der Waals surface area contributed by atoms with E-state index >= 15 is 0 Å². The summed E-state index contributed by atoms with van der Waals surface area (Å²) in [6, 6.07) is 8.17. The molecule has 1 saturated heterocycles. The van der Waals surface area contributed by atoms with Crippen molar-refractivity contribution in [2.24, 2.45) is 11.8 Å². The topological polar surface area (TPSA) is 20.3 Å². The molecule has 1 saturated carbocycles. The molecule has 1 amide bonds. The quantitative estimate of drug-likeness (QED) is 0.739. The third-order valence-electron chi connectivity index (χ3n) is 3.93. The van der Waals surface area contributed by atoms with Crippen molar-refractivity contribution in [3.05, 3.63) is 35.4 Å². The molecule has 2 atom stereocenters. The van der Waals surface area contributed by atoms with Crippen molar-refractivity contribution in [3.63, 3.8) is 0 Å². The highest BCUT2D eigenvalue weighted by Gasteiger charge is 2.46. The van der Waals surface area contributed by atoms with Crippen LogP contribution in [0.15, 0.2) is 24.3 Å². The molecule has 2 unspecified atom stereocenters. The molecule has 0 spiro atoms. The Morgan fingerprint density at radius 3 is 2.69 bits per heavy atom. The molecule has 1 aliphatic heterocycles. The first-order chi connectivity index (χ1) is 7.74. The predicted molar refractivity (Wildman–Crippen MR) is 63.1 cm³/mol. The Balaban J connectivity index is 1.66. The number of nitrogens with zero attached hydrogens (tertiary/aromatic N) is 1. The number of hydrogen-bond donors (Lipinski definition) is 0. The molecule has 1 heterocycles. The number of likely N-dealkylation sites (tertiary alicyclic amines) is 1. The van der Waals surface area contributed by atoms with Gasteiger partial charge in [-0.1, -0.05) is 24.3 Å². The Bertz CT molecular complexity index is 416. The molecule has 3 rings (SSSR count). The fraction of sp³-hybridized carbons (Fsp3) is 0.500. The smallest absolute Gasteiger partial charge is 0.227 e. The second-order valence-electron chi connectivity index (χ2n) is 5.16. The average Bonchev–Trinajstić information content (AvgIpc) is 2.89. The van der Waals surface area contributed by atoms with E-state index in [0.717, 1.165) is 24.9 Å². The fourth-order valence-electron chi connectivity index (χ4n) is 2.68. The van der Waals surface area contributed by atoms with Gasteiger partial charge in [-0.15, -0.1) is 0 Å². The fourth-order valence-corrected chi connectivity index (χ4v) is 2.68. The van der Waals surface area contributed by atoms with Crippen LogP contribution >= 0.6 is 0 Å². The van der Waals surface area contributed by atoms with Crippen LogP contribution in [0.1, 0.15) is 17.5 Å². The van der Waals surface area contributed by atoms with Crippen LogP contribution in [0.25, 0.3) is 0 Å².